The zero-order valence-corrected chi connectivity index (χ0v) is 11.1. The number of halogens is 1. The molecule has 0 spiro atoms. The van der Waals surface area contributed by atoms with E-state index in [0.717, 1.165) is 18.2 Å². The Balaban J connectivity index is 3.04. The smallest absolute Gasteiger partial charge is 0.305 e. The zero-order valence-electron chi connectivity index (χ0n) is 11.1. The van der Waals surface area contributed by atoms with Gasteiger partial charge in [-0.05, 0) is 19.1 Å². The fraction of sp³-hybridized carbons (Fsp3) is 0.333. The summed E-state index contributed by atoms with van der Waals surface area (Å²) in [7, 11) is 1.43. The second kappa shape index (κ2) is 6.60. The fourth-order valence-corrected chi connectivity index (χ4v) is 1.55. The third-order valence-electron chi connectivity index (χ3n) is 2.67. The highest BCUT2D eigenvalue weighted by Gasteiger charge is 2.21. The predicted octanol–water partition coefficient (Wildman–Crippen LogP) is 0.942. The second-order valence-corrected chi connectivity index (χ2v) is 3.92. The van der Waals surface area contributed by atoms with E-state index in [0.29, 0.717) is 0 Å². The minimum absolute atomic E-state index is 0.0381. The topological polar surface area (TPSA) is 92.6 Å². The van der Waals surface area contributed by atoms with Gasteiger partial charge in [-0.15, -0.1) is 0 Å². The van der Waals surface area contributed by atoms with Gasteiger partial charge in [0.1, 0.15) is 0 Å². The number of nitrogens with zero attached hydrogens (tertiary/aromatic N) is 2. The summed E-state index contributed by atoms with van der Waals surface area (Å²) in [6, 6.07) is 2.88. The van der Waals surface area contributed by atoms with Gasteiger partial charge in [0, 0.05) is 25.2 Å². The third kappa shape index (κ3) is 3.50. The second-order valence-electron chi connectivity index (χ2n) is 3.92. The lowest BCUT2D eigenvalue weighted by atomic mass is 10.1. The molecule has 1 aromatic rings. The Morgan fingerprint density at radius 3 is 2.60 bits per heavy atom. The number of likely N-dealkylation sites (N-methyl/N-ethyl adjacent to an activating group) is 2. The van der Waals surface area contributed by atoms with Crippen LogP contribution in [-0.4, -0.2) is 41.8 Å². The van der Waals surface area contributed by atoms with Crippen molar-refractivity contribution in [1.29, 1.82) is 0 Å². The molecule has 0 radical (unpaired) electrons. The molecular weight excluding hydrogens is 269 g/mol. The Morgan fingerprint density at radius 2 is 2.10 bits per heavy atom. The highest BCUT2D eigenvalue weighted by atomic mass is 19.1. The van der Waals surface area contributed by atoms with Gasteiger partial charge < -0.3 is 10.2 Å². The van der Waals surface area contributed by atoms with Crippen LogP contribution < -0.4 is 5.32 Å². The Morgan fingerprint density at radius 1 is 1.45 bits per heavy atom. The molecule has 0 heterocycles. The summed E-state index contributed by atoms with van der Waals surface area (Å²) in [5, 5.41) is 13.0. The van der Waals surface area contributed by atoms with E-state index in [1.807, 2.05) is 0 Å². The molecule has 20 heavy (non-hydrogen) atoms. The molecule has 1 N–H and O–H groups in total. The Bertz CT molecular complexity index is 548. The molecule has 0 aliphatic carbocycles. The summed E-state index contributed by atoms with van der Waals surface area (Å²) < 4.78 is 13.2. The first-order valence-electron chi connectivity index (χ1n) is 5.84. The molecule has 0 fully saturated rings. The van der Waals surface area contributed by atoms with E-state index >= 15 is 0 Å². The van der Waals surface area contributed by atoms with Crippen LogP contribution in [-0.2, 0) is 4.79 Å². The molecule has 2 amide bonds. The van der Waals surface area contributed by atoms with E-state index < -0.39 is 22.3 Å². The first kappa shape index (κ1) is 15.5. The van der Waals surface area contributed by atoms with Crippen LogP contribution in [0.1, 0.15) is 17.3 Å². The quantitative estimate of drug-likeness (QED) is 0.643. The summed E-state index contributed by atoms with van der Waals surface area (Å²) in [5.41, 5.74) is -0.810. The maximum Gasteiger partial charge on any atom is 0.305 e. The number of amides is 2. The number of benzene rings is 1. The largest absolute Gasteiger partial charge is 0.358 e. The molecule has 1 rings (SSSR count). The van der Waals surface area contributed by atoms with Crippen LogP contribution in [0.3, 0.4) is 0 Å². The van der Waals surface area contributed by atoms with Crippen LogP contribution in [0.4, 0.5) is 10.1 Å². The predicted molar refractivity (Wildman–Crippen MR) is 68.7 cm³/mol. The van der Waals surface area contributed by atoms with Crippen molar-refractivity contribution in [3.8, 4) is 0 Å². The highest BCUT2D eigenvalue weighted by Crippen LogP contribution is 2.19. The van der Waals surface area contributed by atoms with Gasteiger partial charge in [-0.3, -0.25) is 19.7 Å². The first-order valence-corrected chi connectivity index (χ1v) is 5.84. The molecule has 7 nitrogen and oxygen atoms in total. The third-order valence-corrected chi connectivity index (χ3v) is 2.67. The minimum atomic E-state index is -1.01. The molecule has 0 atom stereocenters. The van der Waals surface area contributed by atoms with Crippen LogP contribution >= 0.6 is 0 Å². The number of hydrogen-bond donors (Lipinski definition) is 1. The number of carbonyl (C=O) groups is 2. The summed E-state index contributed by atoms with van der Waals surface area (Å²) in [6.07, 6.45) is 0. The minimum Gasteiger partial charge on any atom is -0.358 e. The molecule has 1 aromatic carbocycles. The van der Waals surface area contributed by atoms with Gasteiger partial charge in [0.15, 0.2) is 0 Å². The van der Waals surface area contributed by atoms with Crippen LogP contribution in [0.2, 0.25) is 0 Å². The van der Waals surface area contributed by atoms with Crippen LogP contribution in [0, 0.1) is 15.9 Å². The maximum absolute atomic E-state index is 13.2. The van der Waals surface area contributed by atoms with Gasteiger partial charge in [0.05, 0.1) is 11.5 Å². The van der Waals surface area contributed by atoms with E-state index in [9.17, 15) is 24.1 Å². The molecule has 0 saturated carbocycles. The van der Waals surface area contributed by atoms with Gasteiger partial charge in [0.25, 0.3) is 5.91 Å². The first-order chi connectivity index (χ1) is 9.40. The van der Waals surface area contributed by atoms with Crippen molar-refractivity contribution < 1.29 is 18.9 Å². The molecular formula is C12H14FN3O4. The van der Waals surface area contributed by atoms with Crippen molar-refractivity contribution in [2.45, 2.75) is 6.92 Å². The van der Waals surface area contributed by atoms with E-state index in [4.69, 9.17) is 0 Å². The summed E-state index contributed by atoms with van der Waals surface area (Å²) in [4.78, 5) is 34.3. The molecule has 0 aliphatic heterocycles. The Hall–Kier alpha value is -2.51. The lowest BCUT2D eigenvalue weighted by Gasteiger charge is -2.19. The normalized spacial score (nSPS) is 9.95. The monoisotopic (exact) mass is 283 g/mol. The number of hydrogen-bond acceptors (Lipinski definition) is 4. The summed E-state index contributed by atoms with van der Waals surface area (Å²) in [5.74, 6) is -1.95. The molecule has 0 bridgehead atoms. The van der Waals surface area contributed by atoms with E-state index in [1.165, 1.54) is 11.9 Å². The Labute approximate surface area is 114 Å². The summed E-state index contributed by atoms with van der Waals surface area (Å²) >= 11 is 0. The van der Waals surface area contributed by atoms with Crippen molar-refractivity contribution in [3.63, 3.8) is 0 Å². The van der Waals surface area contributed by atoms with Crippen LogP contribution in [0.15, 0.2) is 18.2 Å². The van der Waals surface area contributed by atoms with Gasteiger partial charge >= 0.3 is 5.69 Å². The molecule has 0 aromatic heterocycles. The zero-order chi connectivity index (χ0) is 15.3. The SMILES string of the molecule is CCN(CC(=O)NC)C(=O)c1ccc(F)c([N+](=O)[O-])c1. The standard InChI is InChI=1S/C12H14FN3O4/c1-3-15(7-11(17)14-2)12(18)8-4-5-9(13)10(6-8)16(19)20/h4-6H,3,7H2,1-2H3,(H,14,17). The molecule has 0 saturated heterocycles. The number of carbonyl (C=O) groups excluding carboxylic acids is 2. The number of rotatable bonds is 5. The number of nitro benzene ring substituents is 1. The molecule has 0 aliphatic rings. The maximum atomic E-state index is 13.2. The number of nitrogens with one attached hydrogen (secondary N) is 1. The number of nitro groups is 1. The highest BCUT2D eigenvalue weighted by molar-refractivity contribution is 5.97. The van der Waals surface area contributed by atoms with Crippen molar-refractivity contribution in [2.75, 3.05) is 20.1 Å². The fourth-order valence-electron chi connectivity index (χ4n) is 1.55. The average Bonchev–Trinajstić information content (AvgIpc) is 2.43. The Kier molecular flexibility index (Phi) is 5.13. The van der Waals surface area contributed by atoms with Gasteiger partial charge in [-0.2, -0.15) is 4.39 Å². The molecule has 0 unspecified atom stereocenters. The van der Waals surface area contributed by atoms with Crippen LogP contribution in [0.25, 0.3) is 0 Å². The van der Waals surface area contributed by atoms with Crippen molar-refractivity contribution in [2.24, 2.45) is 0 Å². The van der Waals surface area contributed by atoms with Gasteiger partial charge in [0.2, 0.25) is 11.7 Å². The average molecular weight is 283 g/mol. The van der Waals surface area contributed by atoms with E-state index in [-0.39, 0.29) is 24.6 Å². The van der Waals surface area contributed by atoms with Crippen molar-refractivity contribution in [3.05, 3.63) is 39.7 Å². The molecule has 8 heteroatoms. The van der Waals surface area contributed by atoms with Crippen molar-refractivity contribution >= 4 is 17.5 Å². The van der Waals surface area contributed by atoms with Crippen molar-refractivity contribution in [1.82, 2.24) is 10.2 Å². The lowest BCUT2D eigenvalue weighted by Crippen LogP contribution is -2.39. The van der Waals surface area contributed by atoms with E-state index in [1.54, 1.807) is 6.92 Å². The van der Waals surface area contributed by atoms with Gasteiger partial charge in [-0.1, -0.05) is 0 Å². The lowest BCUT2D eigenvalue weighted by molar-refractivity contribution is -0.387. The van der Waals surface area contributed by atoms with E-state index in [2.05, 4.69) is 5.32 Å². The molecule has 108 valence electrons. The summed E-state index contributed by atoms with van der Waals surface area (Å²) in [6.45, 7) is 1.74. The van der Waals surface area contributed by atoms with Crippen LogP contribution in [0.5, 0.6) is 0 Å². The van der Waals surface area contributed by atoms with Gasteiger partial charge in [-0.25, -0.2) is 0 Å².